The highest BCUT2D eigenvalue weighted by atomic mass is 19.4. The molecule has 2 aromatic rings. The normalized spacial score (nSPS) is 21.1. The van der Waals surface area contributed by atoms with Crippen molar-refractivity contribution in [1.29, 1.82) is 0 Å². The molecular formula is C27H36F3N5O2. The summed E-state index contributed by atoms with van der Waals surface area (Å²) in [7, 11) is 3.66. The van der Waals surface area contributed by atoms with E-state index in [4.69, 9.17) is 4.74 Å². The van der Waals surface area contributed by atoms with Gasteiger partial charge in [0.05, 0.1) is 24.1 Å². The highest BCUT2D eigenvalue weighted by Crippen LogP contribution is 2.39. The topological polar surface area (TPSA) is 70.6 Å². The summed E-state index contributed by atoms with van der Waals surface area (Å²) >= 11 is 0. The van der Waals surface area contributed by atoms with Crippen LogP contribution in [0.1, 0.15) is 50.3 Å². The minimum atomic E-state index is -4.56. The number of Topliss-reactive ketones (excluding diaryl/α,β-unsaturated/α-hetero) is 1. The number of hydrogen-bond donors (Lipinski definition) is 1. The summed E-state index contributed by atoms with van der Waals surface area (Å²) in [6.45, 7) is 5.30. The van der Waals surface area contributed by atoms with Gasteiger partial charge in [-0.15, -0.1) is 0 Å². The minimum absolute atomic E-state index is 0.0149. The summed E-state index contributed by atoms with van der Waals surface area (Å²) in [5.41, 5.74) is 0.762. The van der Waals surface area contributed by atoms with Crippen molar-refractivity contribution >= 4 is 23.1 Å². The monoisotopic (exact) mass is 519 g/mol. The zero-order chi connectivity index (χ0) is 26.6. The Balaban J connectivity index is 1.57. The molecule has 0 amide bonds. The van der Waals surface area contributed by atoms with E-state index >= 15 is 0 Å². The summed E-state index contributed by atoms with van der Waals surface area (Å²) in [6.07, 6.45) is 0.484. The quantitative estimate of drug-likeness (QED) is 0.506. The van der Waals surface area contributed by atoms with Crippen molar-refractivity contribution in [2.75, 3.05) is 50.6 Å². The number of aromatic nitrogens is 2. The summed E-state index contributed by atoms with van der Waals surface area (Å²) in [6, 6.07) is 5.74. The van der Waals surface area contributed by atoms with Crippen molar-refractivity contribution < 1.29 is 22.7 Å². The number of hydrogen-bond acceptors (Lipinski definition) is 7. The molecule has 2 heterocycles. The summed E-state index contributed by atoms with van der Waals surface area (Å²) < 4.78 is 47.1. The highest BCUT2D eigenvalue weighted by Gasteiger charge is 2.37. The number of piperazine rings is 1. The Morgan fingerprint density at radius 1 is 1.14 bits per heavy atom. The molecule has 2 aliphatic rings. The van der Waals surface area contributed by atoms with E-state index in [2.05, 4.69) is 32.1 Å². The summed E-state index contributed by atoms with van der Waals surface area (Å²) in [5, 5.41) is 3.06. The average molecular weight is 520 g/mol. The Bertz CT molecular complexity index is 1090. The molecule has 1 aliphatic carbocycles. The first-order chi connectivity index (χ1) is 17.6. The number of carbonyl (C=O) groups is 1. The first-order valence-corrected chi connectivity index (χ1v) is 12.9. The number of nitrogens with zero attached hydrogens (tertiary/aromatic N) is 4. The number of nitrogens with one attached hydrogen (secondary N) is 1. The molecule has 1 N–H and O–H groups in total. The maximum Gasteiger partial charge on any atom is 0.419 e. The molecule has 4 rings (SSSR count). The molecule has 7 nitrogen and oxygen atoms in total. The number of benzene rings is 1. The number of anilines is 3. The van der Waals surface area contributed by atoms with Crippen molar-refractivity contribution in [3.63, 3.8) is 0 Å². The minimum Gasteiger partial charge on any atom is -0.494 e. The van der Waals surface area contributed by atoms with Gasteiger partial charge in [-0.05, 0) is 57.2 Å². The molecule has 2 fully saturated rings. The zero-order valence-corrected chi connectivity index (χ0v) is 21.8. The standard InChI is InChI=1S/C27H36F3N5O2/c1-18(36)14-19-6-4-5-7-20(19)15-24-22(27(28,29)30)17-31-26(33-24)32-23-9-8-21(16-25(23)37-3)35-12-10-34(2)11-13-35/h8-9,16-17,19-20H,4-7,10-15H2,1-3H3,(H,31,32,33)/t19-,20-/m0/s1. The fourth-order valence-electron chi connectivity index (χ4n) is 5.47. The van der Waals surface area contributed by atoms with Crippen LogP contribution in [-0.4, -0.2) is 61.0 Å². The molecule has 0 spiro atoms. The number of methoxy groups -OCH3 is 1. The Kier molecular flexibility index (Phi) is 8.56. The van der Waals surface area contributed by atoms with E-state index in [1.165, 1.54) is 0 Å². The van der Waals surface area contributed by atoms with Gasteiger partial charge in [-0.2, -0.15) is 13.2 Å². The first kappa shape index (κ1) is 27.2. The van der Waals surface area contributed by atoms with Crippen molar-refractivity contribution in [2.24, 2.45) is 11.8 Å². The van der Waals surface area contributed by atoms with Gasteiger partial charge >= 0.3 is 6.18 Å². The third-order valence-electron chi connectivity index (χ3n) is 7.54. The number of rotatable bonds is 8. The molecule has 1 aromatic carbocycles. The molecule has 1 saturated heterocycles. The van der Waals surface area contributed by atoms with Gasteiger partial charge in [0.15, 0.2) is 0 Å². The number of ketones is 1. The lowest BCUT2D eigenvalue weighted by atomic mass is 9.74. The fourth-order valence-corrected chi connectivity index (χ4v) is 5.47. The van der Waals surface area contributed by atoms with Crippen LogP contribution in [0.4, 0.5) is 30.5 Å². The predicted octanol–water partition coefficient (Wildman–Crippen LogP) is 5.33. The second-order valence-electron chi connectivity index (χ2n) is 10.3. The lowest BCUT2D eigenvalue weighted by Crippen LogP contribution is -2.44. The second-order valence-corrected chi connectivity index (χ2v) is 10.3. The molecule has 37 heavy (non-hydrogen) atoms. The van der Waals surface area contributed by atoms with Gasteiger partial charge in [0.1, 0.15) is 11.5 Å². The van der Waals surface area contributed by atoms with E-state index < -0.39 is 11.7 Å². The Morgan fingerprint density at radius 3 is 2.49 bits per heavy atom. The number of likely N-dealkylation sites (N-methyl/N-ethyl adjacent to an activating group) is 1. The van der Waals surface area contributed by atoms with E-state index in [0.29, 0.717) is 17.9 Å². The lowest BCUT2D eigenvalue weighted by molar-refractivity contribution is -0.139. The molecule has 2 atom stereocenters. The third-order valence-corrected chi connectivity index (χ3v) is 7.54. The van der Waals surface area contributed by atoms with Crippen molar-refractivity contribution in [3.8, 4) is 5.75 Å². The second kappa shape index (κ2) is 11.7. The van der Waals surface area contributed by atoms with Crippen LogP contribution in [-0.2, 0) is 17.4 Å². The molecule has 1 aromatic heterocycles. The van der Waals surface area contributed by atoms with E-state index in [-0.39, 0.29) is 35.7 Å². The van der Waals surface area contributed by atoms with E-state index in [1.54, 1.807) is 14.0 Å². The third kappa shape index (κ3) is 6.91. The van der Waals surface area contributed by atoms with Crippen LogP contribution in [0.3, 0.4) is 0 Å². The molecule has 0 bridgehead atoms. The van der Waals surface area contributed by atoms with Gasteiger partial charge in [-0.1, -0.05) is 12.8 Å². The van der Waals surface area contributed by atoms with Gasteiger partial charge in [0.25, 0.3) is 0 Å². The maximum atomic E-state index is 13.9. The molecule has 0 radical (unpaired) electrons. The highest BCUT2D eigenvalue weighted by molar-refractivity contribution is 5.75. The first-order valence-electron chi connectivity index (χ1n) is 12.9. The average Bonchev–Trinajstić information content (AvgIpc) is 2.85. The molecule has 10 heteroatoms. The van der Waals surface area contributed by atoms with Gasteiger partial charge in [-0.3, -0.25) is 0 Å². The largest absolute Gasteiger partial charge is 0.494 e. The SMILES string of the molecule is COc1cc(N2CCN(C)CC2)ccc1Nc1ncc(C(F)(F)F)c(C[C@@H]2CCCC[C@H]2CC(C)=O)n1. The molecule has 1 saturated carbocycles. The number of halogens is 3. The smallest absolute Gasteiger partial charge is 0.419 e. The molecule has 1 aliphatic heterocycles. The molecular weight excluding hydrogens is 483 g/mol. The van der Waals surface area contributed by atoms with Crippen LogP contribution in [0, 0.1) is 11.8 Å². The van der Waals surface area contributed by atoms with Gasteiger partial charge in [0.2, 0.25) is 5.95 Å². The molecule has 202 valence electrons. The van der Waals surface area contributed by atoms with Crippen molar-refractivity contribution in [2.45, 2.75) is 51.6 Å². The van der Waals surface area contributed by atoms with Crippen LogP contribution in [0.25, 0.3) is 0 Å². The van der Waals surface area contributed by atoms with Gasteiger partial charge in [-0.25, -0.2) is 9.97 Å². The number of carbonyl (C=O) groups excluding carboxylic acids is 1. The van der Waals surface area contributed by atoms with Crippen LogP contribution in [0.5, 0.6) is 5.75 Å². The maximum absolute atomic E-state index is 13.9. The fraction of sp³-hybridized carbons (Fsp3) is 0.593. The van der Waals surface area contributed by atoms with Crippen LogP contribution in [0.2, 0.25) is 0 Å². The number of alkyl halides is 3. The Labute approximate surface area is 216 Å². The van der Waals surface area contributed by atoms with E-state index in [0.717, 1.165) is 63.7 Å². The van der Waals surface area contributed by atoms with Crippen LogP contribution >= 0.6 is 0 Å². The van der Waals surface area contributed by atoms with Crippen molar-refractivity contribution in [1.82, 2.24) is 14.9 Å². The zero-order valence-electron chi connectivity index (χ0n) is 21.8. The van der Waals surface area contributed by atoms with Crippen LogP contribution in [0.15, 0.2) is 24.4 Å². The summed E-state index contributed by atoms with van der Waals surface area (Å²) in [5.74, 6) is 0.799. The van der Waals surface area contributed by atoms with Gasteiger partial charge in [0, 0.05) is 50.6 Å². The Hall–Kier alpha value is -2.88. The van der Waals surface area contributed by atoms with Crippen LogP contribution < -0.4 is 15.0 Å². The Morgan fingerprint density at radius 2 is 1.84 bits per heavy atom. The predicted molar refractivity (Wildman–Crippen MR) is 137 cm³/mol. The van der Waals surface area contributed by atoms with E-state index in [9.17, 15) is 18.0 Å². The van der Waals surface area contributed by atoms with E-state index in [1.807, 2.05) is 18.2 Å². The number of ether oxygens (including phenoxy) is 1. The lowest BCUT2D eigenvalue weighted by Gasteiger charge is -2.34. The van der Waals surface area contributed by atoms with Crippen molar-refractivity contribution in [3.05, 3.63) is 35.7 Å². The van der Waals surface area contributed by atoms with Gasteiger partial charge < -0.3 is 24.6 Å². The summed E-state index contributed by atoms with van der Waals surface area (Å²) in [4.78, 5) is 24.6. The molecule has 0 unspecified atom stereocenters.